The van der Waals surface area contributed by atoms with Crippen LogP contribution in [-0.2, 0) is 48.0 Å². The summed E-state index contributed by atoms with van der Waals surface area (Å²) in [5.41, 5.74) is 1.17. The standard InChI is InChI=1S/C42H40BrClN6O18P2S2/c1-3-47(67-69(57,58)59)71(63,64)29-10-12-31-33(17-29)35(49(53)54)19-37-41(31)27(21-43)23-45(37)39(51)14-8-25-6-5-7-26(16-25)9-15-40(52)46-24-28(22-44)42-32-13-11-30(18-34(32)36(50(55)56)20-38(42)46)72(65,66)48(4-2)68-70(60,61)62/h5-20,27-28H,3-4,21-24H2,1-2H3,(H2,57,58,59)(H2,60,61,62). The van der Waals surface area contributed by atoms with E-state index in [2.05, 4.69) is 25.2 Å². The third-order valence-electron chi connectivity index (χ3n) is 11.5. The number of rotatable bonds is 18. The molecular formula is C42H40BrClN6O18P2S2. The van der Waals surface area contributed by atoms with E-state index in [-0.39, 0.29) is 60.8 Å². The highest BCUT2D eigenvalue weighted by atomic mass is 79.9. The second-order valence-electron chi connectivity index (χ2n) is 15.9. The fourth-order valence-electron chi connectivity index (χ4n) is 8.50. The largest absolute Gasteiger partial charge is 0.487 e. The van der Waals surface area contributed by atoms with Crippen molar-refractivity contribution >= 4 is 131 Å². The Kier molecular flexibility index (Phi) is 15.8. The van der Waals surface area contributed by atoms with Crippen LogP contribution in [0.3, 0.4) is 0 Å². The molecule has 7 rings (SSSR count). The monoisotopic (exact) mass is 1160 g/mol. The van der Waals surface area contributed by atoms with Gasteiger partial charge in [0.15, 0.2) is 0 Å². The summed E-state index contributed by atoms with van der Waals surface area (Å²) in [6.07, 6.45) is 5.44. The fourth-order valence-corrected chi connectivity index (χ4v) is 13.4. The molecule has 2 aliphatic rings. The zero-order valence-corrected chi connectivity index (χ0v) is 43.1. The maximum Gasteiger partial charge on any atom is 0.487 e. The summed E-state index contributed by atoms with van der Waals surface area (Å²) in [5, 5.41) is 25.4. The van der Waals surface area contributed by atoms with Crippen LogP contribution in [0.1, 0.15) is 47.9 Å². The summed E-state index contributed by atoms with van der Waals surface area (Å²) in [5.74, 6) is -2.17. The van der Waals surface area contributed by atoms with E-state index in [1.165, 1.54) is 60.1 Å². The van der Waals surface area contributed by atoms with Crippen molar-refractivity contribution in [2.24, 2.45) is 0 Å². The van der Waals surface area contributed by atoms with E-state index in [4.69, 9.17) is 11.6 Å². The maximum atomic E-state index is 13.9. The van der Waals surface area contributed by atoms with E-state index in [0.29, 0.717) is 27.6 Å². The van der Waals surface area contributed by atoms with E-state index < -0.39 is 103 Å². The average molecular weight is 1160 g/mol. The molecule has 0 aromatic heterocycles. The van der Waals surface area contributed by atoms with Crippen molar-refractivity contribution < 1.29 is 74.2 Å². The molecule has 2 unspecified atom stereocenters. The minimum absolute atomic E-state index is 0.00461. The lowest BCUT2D eigenvalue weighted by atomic mass is 9.95. The number of halogens is 2. The van der Waals surface area contributed by atoms with E-state index in [1.807, 2.05) is 0 Å². The number of sulfonamides is 2. The Hall–Kier alpha value is -5.35. The minimum Gasteiger partial charge on any atom is -0.308 e. The smallest absolute Gasteiger partial charge is 0.308 e. The Morgan fingerprint density at radius 2 is 1.11 bits per heavy atom. The van der Waals surface area contributed by atoms with Crippen LogP contribution < -0.4 is 9.80 Å². The normalized spacial score (nSPS) is 16.5. The third-order valence-corrected chi connectivity index (χ3v) is 17.1. The number of hydroxylamine groups is 2. The first-order chi connectivity index (χ1) is 33.7. The summed E-state index contributed by atoms with van der Waals surface area (Å²) in [7, 11) is -20.1. The lowest BCUT2D eigenvalue weighted by Crippen LogP contribution is -2.30. The highest BCUT2D eigenvalue weighted by molar-refractivity contribution is 9.09. The van der Waals surface area contributed by atoms with Crippen LogP contribution in [-0.4, -0.2) is 104 Å². The summed E-state index contributed by atoms with van der Waals surface area (Å²) in [4.78, 5) is 89.7. The molecule has 5 aromatic rings. The summed E-state index contributed by atoms with van der Waals surface area (Å²) < 4.78 is 85.2. The van der Waals surface area contributed by atoms with Gasteiger partial charge in [-0.1, -0.05) is 55.2 Å². The number of hydrogen-bond donors (Lipinski definition) is 4. The average Bonchev–Trinajstić information content (AvgIpc) is 3.90. The molecule has 0 radical (unpaired) electrons. The second-order valence-corrected chi connectivity index (χ2v) is 22.8. The number of hydrogen-bond acceptors (Lipinski definition) is 14. The number of amides is 2. The lowest BCUT2D eigenvalue weighted by Gasteiger charge is -2.20. The number of nitro benzene ring substituents is 2. The van der Waals surface area contributed by atoms with Crippen LogP contribution in [0.2, 0.25) is 0 Å². The van der Waals surface area contributed by atoms with Gasteiger partial charge in [-0.2, -0.15) is 9.25 Å². The molecule has 0 fully saturated rings. The molecule has 0 saturated heterocycles. The van der Waals surface area contributed by atoms with E-state index >= 15 is 0 Å². The number of carbonyl (C=O) groups excluding carboxylic acids is 2. The minimum atomic E-state index is -5.32. The number of fused-ring (bicyclic) bond motifs is 6. The predicted octanol–water partition coefficient (Wildman–Crippen LogP) is 6.80. The van der Waals surface area contributed by atoms with Crippen molar-refractivity contribution in [1.82, 2.24) is 8.94 Å². The molecule has 0 bridgehead atoms. The number of anilines is 2. The van der Waals surface area contributed by atoms with Crippen molar-refractivity contribution in [3.63, 3.8) is 0 Å². The van der Waals surface area contributed by atoms with Crippen molar-refractivity contribution in [3.05, 3.63) is 127 Å². The van der Waals surface area contributed by atoms with Gasteiger partial charge in [0.05, 0.1) is 41.8 Å². The highest BCUT2D eigenvalue weighted by Gasteiger charge is 2.39. The fraction of sp³-hybridized carbons (Fsp3) is 0.238. The van der Waals surface area contributed by atoms with E-state index in [0.717, 1.165) is 36.4 Å². The number of nitro groups is 2. The predicted molar refractivity (Wildman–Crippen MR) is 266 cm³/mol. The Bertz CT molecular complexity index is 3260. The van der Waals surface area contributed by atoms with Gasteiger partial charge in [0.2, 0.25) is 0 Å². The molecule has 4 N–H and O–H groups in total. The molecule has 2 aliphatic heterocycles. The van der Waals surface area contributed by atoms with Crippen molar-refractivity contribution in [2.45, 2.75) is 35.5 Å². The van der Waals surface area contributed by atoms with Gasteiger partial charge in [0.1, 0.15) is 0 Å². The quantitative estimate of drug-likeness (QED) is 0.0230. The molecule has 2 amide bonds. The van der Waals surface area contributed by atoms with Crippen LogP contribution in [0.25, 0.3) is 33.7 Å². The third kappa shape index (κ3) is 11.0. The molecule has 5 aromatic carbocycles. The molecule has 30 heteroatoms. The Morgan fingerprint density at radius 3 is 1.47 bits per heavy atom. The number of non-ortho nitro benzene ring substituents is 2. The maximum absolute atomic E-state index is 13.9. The number of carbonyl (C=O) groups is 2. The van der Waals surface area contributed by atoms with Crippen molar-refractivity contribution in [3.8, 4) is 0 Å². The van der Waals surface area contributed by atoms with Crippen molar-refractivity contribution in [2.75, 3.05) is 47.2 Å². The summed E-state index contributed by atoms with van der Waals surface area (Å²) >= 11 is 9.81. The van der Waals surface area contributed by atoms with Gasteiger partial charge in [0.25, 0.3) is 43.2 Å². The molecule has 72 heavy (non-hydrogen) atoms. The topological polar surface area (TPSA) is 335 Å². The first kappa shape index (κ1) is 54.4. The lowest BCUT2D eigenvalue weighted by molar-refractivity contribution is -0.383. The first-order valence-corrected chi connectivity index (χ1v) is 28.6. The van der Waals surface area contributed by atoms with Crippen molar-refractivity contribution in [1.29, 1.82) is 0 Å². The Balaban J connectivity index is 1.14. The molecule has 0 aliphatic carbocycles. The van der Waals surface area contributed by atoms with Crippen LogP contribution >= 0.6 is 43.2 Å². The van der Waals surface area contributed by atoms with E-state index in [1.54, 1.807) is 24.3 Å². The highest BCUT2D eigenvalue weighted by Crippen LogP contribution is 2.49. The van der Waals surface area contributed by atoms with Crippen LogP contribution in [0.4, 0.5) is 22.7 Å². The van der Waals surface area contributed by atoms with Gasteiger partial charge in [-0.05, 0) is 89.4 Å². The number of nitrogens with zero attached hydrogens (tertiary/aromatic N) is 6. The molecular weight excluding hydrogens is 1120 g/mol. The van der Waals surface area contributed by atoms with Crippen LogP contribution in [0, 0.1) is 20.2 Å². The SMILES string of the molecule is CCN(OP(=O)(O)O)S(=O)(=O)c1ccc2c3c(cc([N+](=O)[O-])c2c1)N(C(=O)C=Cc1cccc(C=CC(=O)N2CC(CBr)c4c2cc([N+](=O)[O-])c2cc(S(=O)(=O)N(CC)OP(=O)(O)O)ccc42)c1)CC3CCl. The van der Waals surface area contributed by atoms with Gasteiger partial charge >= 0.3 is 15.6 Å². The number of alkyl halides is 2. The molecule has 382 valence electrons. The molecule has 0 saturated carbocycles. The Morgan fingerprint density at radius 1 is 0.708 bits per heavy atom. The number of phosphoric acid groups is 2. The van der Waals surface area contributed by atoms with Gasteiger partial charge in [-0.15, -0.1) is 11.6 Å². The molecule has 2 atom stereocenters. The second kappa shape index (κ2) is 20.9. The van der Waals surface area contributed by atoms with Crippen LogP contribution in [0.15, 0.2) is 94.7 Å². The molecule has 0 spiro atoms. The molecule has 24 nitrogen and oxygen atoms in total. The zero-order chi connectivity index (χ0) is 52.8. The van der Waals surface area contributed by atoms with Gasteiger partial charge in [-0.25, -0.2) is 26.0 Å². The van der Waals surface area contributed by atoms with E-state index in [9.17, 15) is 75.4 Å². The first-order valence-electron chi connectivity index (χ1n) is 21.0. The summed E-state index contributed by atoms with van der Waals surface area (Å²) in [6.45, 7) is 1.56. The summed E-state index contributed by atoms with van der Waals surface area (Å²) in [6, 6.07) is 15.7. The molecule has 2 heterocycles. The van der Waals surface area contributed by atoms with Gasteiger partial charge in [0, 0.05) is 73.5 Å². The van der Waals surface area contributed by atoms with Gasteiger partial charge < -0.3 is 29.4 Å². The van der Waals surface area contributed by atoms with Crippen LogP contribution in [0.5, 0.6) is 0 Å². The Labute approximate surface area is 422 Å². The zero-order valence-electron chi connectivity index (χ0n) is 37.3. The number of benzene rings is 5. The van der Waals surface area contributed by atoms with Gasteiger partial charge in [-0.3, -0.25) is 29.8 Å².